The molecule has 0 aliphatic rings. The molecule has 0 radical (unpaired) electrons. The molecule has 0 aliphatic heterocycles. The van der Waals surface area contributed by atoms with Crippen molar-refractivity contribution in [3.8, 4) is 0 Å². The lowest BCUT2D eigenvalue weighted by Gasteiger charge is -2.15. The minimum atomic E-state index is 0.561. The van der Waals surface area contributed by atoms with Gasteiger partial charge in [-0.15, -0.1) is 0 Å². The maximum atomic E-state index is 5.45. The quantitative estimate of drug-likeness (QED) is 0.740. The van der Waals surface area contributed by atoms with Crippen molar-refractivity contribution in [2.45, 2.75) is 33.6 Å². The van der Waals surface area contributed by atoms with Crippen LogP contribution in [0.2, 0.25) is 0 Å². The topological polar surface area (TPSA) is 26.0 Å². The Kier molecular flexibility index (Phi) is 2.51. The lowest BCUT2D eigenvalue weighted by molar-refractivity contribution is 0.535. The Morgan fingerprint density at radius 2 is 1.93 bits per heavy atom. The van der Waals surface area contributed by atoms with E-state index in [1.807, 2.05) is 13.0 Å². The summed E-state index contributed by atoms with van der Waals surface area (Å²) < 4.78 is 5.45. The smallest absolute Gasteiger partial charge is 0.192 e. The van der Waals surface area contributed by atoms with Crippen molar-refractivity contribution in [2.24, 2.45) is 5.92 Å². The molecular formula is C13H17NO. The molecule has 0 N–H and O–H groups in total. The molecule has 80 valence electrons. The molecule has 1 unspecified atom stereocenters. The average Bonchev–Trinajstić information content (AvgIpc) is 2.55. The van der Waals surface area contributed by atoms with Crippen molar-refractivity contribution < 1.29 is 4.42 Å². The van der Waals surface area contributed by atoms with Gasteiger partial charge in [0.1, 0.15) is 5.52 Å². The predicted octanol–water partition coefficient (Wildman–Crippen LogP) is 3.90. The van der Waals surface area contributed by atoms with Gasteiger partial charge < -0.3 is 4.42 Å². The highest BCUT2D eigenvalue weighted by molar-refractivity contribution is 5.73. The summed E-state index contributed by atoms with van der Waals surface area (Å²) in [6, 6.07) is 6.29. The summed E-state index contributed by atoms with van der Waals surface area (Å²) >= 11 is 0. The molecule has 2 rings (SSSR count). The van der Waals surface area contributed by atoms with Crippen LogP contribution in [0.4, 0.5) is 0 Å². The molecule has 0 saturated heterocycles. The van der Waals surface area contributed by atoms with Gasteiger partial charge in [-0.2, -0.15) is 0 Å². The number of hydrogen-bond acceptors (Lipinski definition) is 2. The molecule has 15 heavy (non-hydrogen) atoms. The first-order valence-corrected chi connectivity index (χ1v) is 5.45. The summed E-state index contributed by atoms with van der Waals surface area (Å²) in [5.74, 6) is 1.95. The first kappa shape index (κ1) is 10.2. The highest BCUT2D eigenvalue weighted by Gasteiger charge is 2.11. The Bertz CT molecular complexity index is 470. The first-order chi connectivity index (χ1) is 7.08. The normalized spacial score (nSPS) is 13.7. The highest BCUT2D eigenvalue weighted by atomic mass is 16.3. The van der Waals surface area contributed by atoms with Crippen LogP contribution in [0.3, 0.4) is 0 Å². The van der Waals surface area contributed by atoms with Crippen LogP contribution in [0.1, 0.15) is 38.1 Å². The molecule has 0 bridgehead atoms. The van der Waals surface area contributed by atoms with Crippen molar-refractivity contribution in [1.82, 2.24) is 4.98 Å². The van der Waals surface area contributed by atoms with E-state index in [1.54, 1.807) is 0 Å². The number of hydrogen-bond donors (Lipinski definition) is 0. The second-order valence-electron chi connectivity index (χ2n) is 4.49. The SMILES string of the molecule is Cc1nc2cc(C(C)C(C)C)ccc2o1. The molecule has 0 fully saturated rings. The van der Waals surface area contributed by atoms with Gasteiger partial charge >= 0.3 is 0 Å². The molecule has 2 heteroatoms. The van der Waals surface area contributed by atoms with Crippen molar-refractivity contribution in [2.75, 3.05) is 0 Å². The van der Waals surface area contributed by atoms with E-state index in [9.17, 15) is 0 Å². The van der Waals surface area contributed by atoms with E-state index in [0.717, 1.165) is 17.0 Å². The zero-order valence-corrected chi connectivity index (χ0v) is 9.74. The van der Waals surface area contributed by atoms with Gasteiger partial charge in [-0.3, -0.25) is 0 Å². The zero-order chi connectivity index (χ0) is 11.0. The molecule has 2 aromatic rings. The third kappa shape index (κ3) is 1.89. The van der Waals surface area contributed by atoms with Gasteiger partial charge in [0.15, 0.2) is 11.5 Å². The highest BCUT2D eigenvalue weighted by Crippen LogP contribution is 2.26. The molecule has 0 aliphatic carbocycles. The predicted molar refractivity (Wildman–Crippen MR) is 62.0 cm³/mol. The summed E-state index contributed by atoms with van der Waals surface area (Å²) in [6.45, 7) is 8.61. The van der Waals surface area contributed by atoms with Crippen molar-refractivity contribution >= 4 is 11.1 Å². The summed E-state index contributed by atoms with van der Waals surface area (Å²) in [5, 5.41) is 0. The van der Waals surface area contributed by atoms with Crippen LogP contribution < -0.4 is 0 Å². The van der Waals surface area contributed by atoms with E-state index in [2.05, 4.69) is 37.9 Å². The van der Waals surface area contributed by atoms with Crippen LogP contribution >= 0.6 is 0 Å². The lowest BCUT2D eigenvalue weighted by atomic mass is 9.90. The molecular weight excluding hydrogens is 186 g/mol. The van der Waals surface area contributed by atoms with Gasteiger partial charge in [-0.1, -0.05) is 26.8 Å². The van der Waals surface area contributed by atoms with Gasteiger partial charge in [-0.05, 0) is 29.5 Å². The van der Waals surface area contributed by atoms with Crippen LogP contribution in [0.25, 0.3) is 11.1 Å². The van der Waals surface area contributed by atoms with Crippen molar-refractivity contribution in [1.29, 1.82) is 0 Å². The third-order valence-corrected chi connectivity index (χ3v) is 3.04. The molecule has 1 heterocycles. The van der Waals surface area contributed by atoms with Crippen molar-refractivity contribution in [3.05, 3.63) is 29.7 Å². The second kappa shape index (κ2) is 3.69. The minimum Gasteiger partial charge on any atom is -0.441 e. The molecule has 0 amide bonds. The second-order valence-corrected chi connectivity index (χ2v) is 4.49. The van der Waals surface area contributed by atoms with E-state index in [0.29, 0.717) is 11.8 Å². The van der Waals surface area contributed by atoms with E-state index in [-0.39, 0.29) is 0 Å². The number of nitrogens with zero attached hydrogens (tertiary/aromatic N) is 1. The van der Waals surface area contributed by atoms with Gasteiger partial charge in [0, 0.05) is 6.92 Å². The summed E-state index contributed by atoms with van der Waals surface area (Å²) in [5.41, 5.74) is 3.19. The Morgan fingerprint density at radius 1 is 1.20 bits per heavy atom. The van der Waals surface area contributed by atoms with Gasteiger partial charge in [0.2, 0.25) is 0 Å². The van der Waals surface area contributed by atoms with Gasteiger partial charge in [0.05, 0.1) is 0 Å². The maximum absolute atomic E-state index is 5.45. The number of fused-ring (bicyclic) bond motifs is 1. The van der Waals surface area contributed by atoms with E-state index >= 15 is 0 Å². The Balaban J connectivity index is 2.46. The molecule has 0 spiro atoms. The number of oxazole rings is 1. The zero-order valence-electron chi connectivity index (χ0n) is 9.74. The molecule has 1 aromatic carbocycles. The van der Waals surface area contributed by atoms with Crippen LogP contribution in [0.5, 0.6) is 0 Å². The van der Waals surface area contributed by atoms with E-state index < -0.39 is 0 Å². The number of aryl methyl sites for hydroxylation is 1. The number of benzene rings is 1. The molecule has 1 aromatic heterocycles. The first-order valence-electron chi connectivity index (χ1n) is 5.45. The summed E-state index contributed by atoms with van der Waals surface area (Å²) in [7, 11) is 0. The summed E-state index contributed by atoms with van der Waals surface area (Å²) in [6.07, 6.45) is 0. The lowest BCUT2D eigenvalue weighted by Crippen LogP contribution is -2.01. The standard InChI is InChI=1S/C13H17NO/c1-8(2)9(3)11-5-6-13-12(7-11)14-10(4)15-13/h5-9H,1-4H3. The largest absolute Gasteiger partial charge is 0.441 e. The van der Waals surface area contributed by atoms with Gasteiger partial charge in [-0.25, -0.2) is 4.98 Å². The molecule has 1 atom stereocenters. The Morgan fingerprint density at radius 3 is 2.60 bits per heavy atom. The number of rotatable bonds is 2. The van der Waals surface area contributed by atoms with Crippen LogP contribution in [-0.4, -0.2) is 4.98 Å². The fourth-order valence-corrected chi connectivity index (χ4v) is 1.73. The Hall–Kier alpha value is -1.31. The molecule has 2 nitrogen and oxygen atoms in total. The Labute approximate surface area is 90.3 Å². The van der Waals surface area contributed by atoms with Crippen LogP contribution in [0, 0.1) is 12.8 Å². The van der Waals surface area contributed by atoms with E-state index in [4.69, 9.17) is 4.42 Å². The fourth-order valence-electron chi connectivity index (χ4n) is 1.73. The number of aromatic nitrogens is 1. The summed E-state index contributed by atoms with van der Waals surface area (Å²) in [4.78, 5) is 4.35. The fraction of sp³-hybridized carbons (Fsp3) is 0.462. The maximum Gasteiger partial charge on any atom is 0.192 e. The van der Waals surface area contributed by atoms with Crippen molar-refractivity contribution in [3.63, 3.8) is 0 Å². The monoisotopic (exact) mass is 203 g/mol. The van der Waals surface area contributed by atoms with Crippen LogP contribution in [-0.2, 0) is 0 Å². The third-order valence-electron chi connectivity index (χ3n) is 3.04. The average molecular weight is 203 g/mol. The van der Waals surface area contributed by atoms with Crippen LogP contribution in [0.15, 0.2) is 22.6 Å². The van der Waals surface area contributed by atoms with E-state index in [1.165, 1.54) is 5.56 Å². The van der Waals surface area contributed by atoms with Gasteiger partial charge in [0.25, 0.3) is 0 Å². The minimum absolute atomic E-state index is 0.561. The molecule has 0 saturated carbocycles.